The predicted molar refractivity (Wildman–Crippen MR) is 69.8 cm³/mol. The highest BCUT2D eigenvalue weighted by atomic mass is 32.2. The summed E-state index contributed by atoms with van der Waals surface area (Å²) in [5.41, 5.74) is 1.25. The molecule has 0 saturated carbocycles. The van der Waals surface area contributed by atoms with Crippen molar-refractivity contribution in [2.45, 2.75) is 17.5 Å². The zero-order valence-electron chi connectivity index (χ0n) is 9.47. The third kappa shape index (κ3) is 2.26. The van der Waals surface area contributed by atoms with Gasteiger partial charge in [0.25, 0.3) is 0 Å². The quantitative estimate of drug-likeness (QED) is 0.893. The van der Waals surface area contributed by atoms with E-state index < -0.39 is 0 Å². The van der Waals surface area contributed by atoms with E-state index in [-0.39, 0.29) is 16.5 Å². The number of carbonyl (C=O) groups excluding carboxylic acids is 1. The van der Waals surface area contributed by atoms with E-state index in [0.717, 1.165) is 13.1 Å². The molecule has 0 aliphatic carbocycles. The highest BCUT2D eigenvalue weighted by molar-refractivity contribution is 8.01. The van der Waals surface area contributed by atoms with Crippen LogP contribution in [0, 0.1) is 0 Å². The zero-order valence-corrected chi connectivity index (χ0v) is 11.1. The molecule has 1 aromatic rings. The fourth-order valence-electron chi connectivity index (χ4n) is 1.81. The topological polar surface area (TPSA) is 32.3 Å². The van der Waals surface area contributed by atoms with Gasteiger partial charge in [0.2, 0.25) is 5.91 Å². The average molecular weight is 256 g/mol. The van der Waals surface area contributed by atoms with Crippen molar-refractivity contribution in [3.63, 3.8) is 0 Å². The van der Waals surface area contributed by atoms with Gasteiger partial charge in [-0.2, -0.15) is 11.3 Å². The van der Waals surface area contributed by atoms with Gasteiger partial charge in [0.05, 0.1) is 5.25 Å². The van der Waals surface area contributed by atoms with E-state index in [1.165, 1.54) is 5.56 Å². The molecule has 2 heterocycles. The Bertz CT molecular complexity index is 353. The summed E-state index contributed by atoms with van der Waals surface area (Å²) in [5, 5.41) is 7.59. The molecule has 3 nitrogen and oxygen atoms in total. The lowest BCUT2D eigenvalue weighted by molar-refractivity contribution is -0.129. The lowest BCUT2D eigenvalue weighted by Crippen LogP contribution is -2.35. The molecule has 0 unspecified atom stereocenters. The van der Waals surface area contributed by atoms with Gasteiger partial charge in [0.15, 0.2) is 0 Å². The molecule has 16 heavy (non-hydrogen) atoms. The van der Waals surface area contributed by atoms with E-state index in [1.54, 1.807) is 23.1 Å². The molecule has 1 aliphatic heterocycles. The smallest absolute Gasteiger partial charge is 0.236 e. The maximum absolute atomic E-state index is 12.0. The molecule has 1 amide bonds. The van der Waals surface area contributed by atoms with Crippen LogP contribution < -0.4 is 5.32 Å². The minimum absolute atomic E-state index is 0.0850. The summed E-state index contributed by atoms with van der Waals surface area (Å²) >= 11 is 3.43. The van der Waals surface area contributed by atoms with Crippen LogP contribution in [0.3, 0.4) is 0 Å². The first-order chi connectivity index (χ1) is 7.74. The van der Waals surface area contributed by atoms with Gasteiger partial charge in [0, 0.05) is 13.1 Å². The fraction of sp³-hybridized carbons (Fsp3) is 0.545. The van der Waals surface area contributed by atoms with Crippen molar-refractivity contribution in [3.8, 4) is 0 Å². The Balaban J connectivity index is 2.13. The normalized spacial score (nSPS) is 25.4. The summed E-state index contributed by atoms with van der Waals surface area (Å²) < 4.78 is 0. The second-order valence-electron chi connectivity index (χ2n) is 3.82. The number of likely N-dealkylation sites (N-methyl/N-ethyl adjacent to an activating group) is 1. The number of nitrogens with zero attached hydrogens (tertiary/aromatic N) is 1. The van der Waals surface area contributed by atoms with Gasteiger partial charge in [-0.1, -0.05) is 0 Å². The summed E-state index contributed by atoms with van der Waals surface area (Å²) in [6, 6.07) is 2.11. The van der Waals surface area contributed by atoms with E-state index >= 15 is 0 Å². The Hall–Kier alpha value is -0.520. The van der Waals surface area contributed by atoms with Crippen LogP contribution in [0.5, 0.6) is 0 Å². The van der Waals surface area contributed by atoms with Crippen molar-refractivity contribution in [2.24, 2.45) is 0 Å². The first kappa shape index (κ1) is 12.0. The monoisotopic (exact) mass is 256 g/mol. The van der Waals surface area contributed by atoms with Crippen LogP contribution in [0.4, 0.5) is 0 Å². The molecular weight excluding hydrogens is 240 g/mol. The Morgan fingerprint density at radius 1 is 1.56 bits per heavy atom. The van der Waals surface area contributed by atoms with E-state index in [2.05, 4.69) is 22.1 Å². The van der Waals surface area contributed by atoms with Gasteiger partial charge >= 0.3 is 0 Å². The van der Waals surface area contributed by atoms with Crippen molar-refractivity contribution in [2.75, 3.05) is 20.1 Å². The van der Waals surface area contributed by atoms with Crippen LogP contribution in [0.25, 0.3) is 0 Å². The van der Waals surface area contributed by atoms with E-state index in [9.17, 15) is 4.79 Å². The van der Waals surface area contributed by atoms with Crippen LogP contribution in [0.1, 0.15) is 17.9 Å². The van der Waals surface area contributed by atoms with E-state index in [4.69, 9.17) is 0 Å². The van der Waals surface area contributed by atoms with Crippen LogP contribution in [-0.2, 0) is 4.79 Å². The Morgan fingerprint density at radius 2 is 2.38 bits per heavy atom. The number of rotatable bonds is 4. The number of nitrogens with one attached hydrogen (secondary N) is 1. The minimum atomic E-state index is 0.0850. The second-order valence-corrected chi connectivity index (χ2v) is 6.03. The first-order valence-corrected chi connectivity index (χ1v) is 7.25. The molecule has 1 saturated heterocycles. The molecule has 1 fully saturated rings. The van der Waals surface area contributed by atoms with Gasteiger partial charge in [-0.05, 0) is 36.4 Å². The van der Waals surface area contributed by atoms with Gasteiger partial charge in [-0.3, -0.25) is 4.79 Å². The molecule has 0 aromatic carbocycles. The average Bonchev–Trinajstić information content (AvgIpc) is 2.87. The SMILES string of the molecule is CNCCN1C(=O)[C@H](C)S[C@H]1c1ccsc1. The maximum atomic E-state index is 12.0. The van der Waals surface area contributed by atoms with Crippen molar-refractivity contribution < 1.29 is 4.79 Å². The molecule has 0 radical (unpaired) electrons. The number of hydrogen-bond acceptors (Lipinski definition) is 4. The van der Waals surface area contributed by atoms with Crippen LogP contribution in [-0.4, -0.2) is 36.2 Å². The molecule has 88 valence electrons. The fourth-order valence-corrected chi connectivity index (χ4v) is 3.87. The number of amides is 1. The Morgan fingerprint density at radius 3 is 3.00 bits per heavy atom. The van der Waals surface area contributed by atoms with Crippen LogP contribution in [0.15, 0.2) is 16.8 Å². The van der Waals surface area contributed by atoms with E-state index in [1.807, 2.05) is 18.9 Å². The standard InChI is InChI=1S/C11H16N2OS2/c1-8-10(14)13(5-4-12-2)11(16-8)9-3-6-15-7-9/h3,6-8,11-12H,4-5H2,1-2H3/t8-,11-/m0/s1. The summed E-state index contributed by atoms with van der Waals surface area (Å²) in [4.78, 5) is 14.0. The number of thioether (sulfide) groups is 1. The molecule has 1 aromatic heterocycles. The maximum Gasteiger partial charge on any atom is 0.236 e. The number of hydrogen-bond donors (Lipinski definition) is 1. The molecule has 0 spiro atoms. The lowest BCUT2D eigenvalue weighted by atomic mass is 10.3. The highest BCUT2D eigenvalue weighted by Gasteiger charge is 2.37. The van der Waals surface area contributed by atoms with Crippen molar-refractivity contribution in [1.82, 2.24) is 10.2 Å². The molecule has 1 N–H and O–H groups in total. The van der Waals surface area contributed by atoms with Crippen LogP contribution >= 0.6 is 23.1 Å². The van der Waals surface area contributed by atoms with Gasteiger partial charge in [-0.15, -0.1) is 11.8 Å². The zero-order chi connectivity index (χ0) is 11.5. The van der Waals surface area contributed by atoms with Gasteiger partial charge in [-0.25, -0.2) is 0 Å². The van der Waals surface area contributed by atoms with Crippen molar-refractivity contribution in [1.29, 1.82) is 0 Å². The summed E-state index contributed by atoms with van der Waals surface area (Å²) in [5.74, 6) is 0.261. The largest absolute Gasteiger partial charge is 0.324 e. The highest BCUT2D eigenvalue weighted by Crippen LogP contribution is 2.43. The Kier molecular flexibility index (Phi) is 3.89. The third-order valence-electron chi connectivity index (χ3n) is 2.68. The van der Waals surface area contributed by atoms with E-state index in [0.29, 0.717) is 0 Å². The predicted octanol–water partition coefficient (Wildman–Crippen LogP) is 1.93. The first-order valence-electron chi connectivity index (χ1n) is 5.36. The molecule has 5 heteroatoms. The molecular formula is C11H16N2OS2. The molecule has 2 atom stereocenters. The van der Waals surface area contributed by atoms with Crippen molar-refractivity contribution in [3.05, 3.63) is 22.4 Å². The molecule has 1 aliphatic rings. The minimum Gasteiger partial charge on any atom is -0.324 e. The third-order valence-corrected chi connectivity index (χ3v) is 4.77. The lowest BCUT2D eigenvalue weighted by Gasteiger charge is -2.23. The molecule has 0 bridgehead atoms. The number of carbonyl (C=O) groups is 1. The molecule has 2 rings (SSSR count). The van der Waals surface area contributed by atoms with Gasteiger partial charge in [0.1, 0.15) is 5.37 Å². The van der Waals surface area contributed by atoms with Crippen molar-refractivity contribution >= 4 is 29.0 Å². The summed E-state index contributed by atoms with van der Waals surface area (Å²) in [6.45, 7) is 3.62. The van der Waals surface area contributed by atoms with Gasteiger partial charge < -0.3 is 10.2 Å². The second kappa shape index (κ2) is 5.21. The summed E-state index contributed by atoms with van der Waals surface area (Å²) in [6.07, 6.45) is 0. The number of thiophene rings is 1. The Labute approximate surface area is 104 Å². The summed E-state index contributed by atoms with van der Waals surface area (Å²) in [7, 11) is 1.91. The van der Waals surface area contributed by atoms with Crippen LogP contribution in [0.2, 0.25) is 0 Å².